The molecular weight excluding hydrogens is 306 g/mol. The van der Waals surface area contributed by atoms with Crippen molar-refractivity contribution in [3.05, 3.63) is 59.7 Å². The number of thiocarbonyl (C=S) groups is 1. The van der Waals surface area contributed by atoms with Crippen LogP contribution < -0.4 is 15.2 Å². The zero-order valence-corrected chi connectivity index (χ0v) is 14.7. The second-order valence-electron chi connectivity index (χ2n) is 6.33. The highest BCUT2D eigenvalue weighted by atomic mass is 32.1. The van der Waals surface area contributed by atoms with E-state index in [4.69, 9.17) is 27.4 Å². The minimum absolute atomic E-state index is 0.0495. The number of para-hydroxylation sites is 1. The number of hydrogen-bond donors (Lipinski definition) is 1. The molecule has 3 nitrogen and oxygen atoms in total. The first-order chi connectivity index (χ1) is 10.9. The Labute approximate surface area is 143 Å². The van der Waals surface area contributed by atoms with Gasteiger partial charge in [0.2, 0.25) is 0 Å². The lowest BCUT2D eigenvalue weighted by molar-refractivity contribution is 0.214. The predicted octanol–water partition coefficient (Wildman–Crippen LogP) is 4.08. The molecule has 0 aliphatic carbocycles. The number of hydrogen-bond acceptors (Lipinski definition) is 3. The van der Waals surface area contributed by atoms with E-state index in [9.17, 15) is 0 Å². The molecule has 0 aliphatic rings. The van der Waals surface area contributed by atoms with Crippen molar-refractivity contribution in [1.29, 1.82) is 0 Å². The predicted molar refractivity (Wildman–Crippen MR) is 98.5 cm³/mol. The highest BCUT2D eigenvalue weighted by molar-refractivity contribution is 7.80. The van der Waals surface area contributed by atoms with Crippen LogP contribution in [0.2, 0.25) is 0 Å². The van der Waals surface area contributed by atoms with Gasteiger partial charge < -0.3 is 15.2 Å². The molecule has 2 rings (SSSR count). The Balaban J connectivity index is 1.87. The Morgan fingerprint density at radius 3 is 2.17 bits per heavy atom. The smallest absolute Gasteiger partial charge is 0.123 e. The molecule has 0 radical (unpaired) electrons. The summed E-state index contributed by atoms with van der Waals surface area (Å²) in [5.41, 5.74) is 7.65. The van der Waals surface area contributed by atoms with E-state index in [1.54, 1.807) is 0 Å². The van der Waals surface area contributed by atoms with Crippen LogP contribution in [0.25, 0.3) is 0 Å². The Morgan fingerprint density at radius 2 is 1.57 bits per heavy atom. The Kier molecular flexibility index (Phi) is 5.61. The van der Waals surface area contributed by atoms with Gasteiger partial charge in [-0.05, 0) is 41.3 Å². The summed E-state index contributed by atoms with van der Waals surface area (Å²) in [5, 5.41) is 0. The molecule has 0 unspecified atom stereocenters. The summed E-state index contributed by atoms with van der Waals surface area (Å²) >= 11 is 4.92. The normalized spacial score (nSPS) is 11.1. The third-order valence-electron chi connectivity index (χ3n) is 3.44. The molecule has 0 aromatic heterocycles. The van der Waals surface area contributed by atoms with E-state index in [1.165, 1.54) is 5.56 Å². The lowest BCUT2D eigenvalue weighted by atomic mass is 9.86. The third kappa shape index (κ3) is 4.96. The van der Waals surface area contributed by atoms with Gasteiger partial charge in [-0.2, -0.15) is 0 Å². The van der Waals surface area contributed by atoms with Gasteiger partial charge in [-0.3, -0.25) is 0 Å². The van der Waals surface area contributed by atoms with Gasteiger partial charge in [-0.15, -0.1) is 0 Å². The summed E-state index contributed by atoms with van der Waals surface area (Å²) < 4.78 is 11.6. The summed E-state index contributed by atoms with van der Waals surface area (Å²) in [7, 11) is 0. The van der Waals surface area contributed by atoms with Gasteiger partial charge in [0.05, 0.1) is 0 Å². The van der Waals surface area contributed by atoms with Gasteiger partial charge in [0.15, 0.2) is 0 Å². The maximum atomic E-state index is 5.88. The highest BCUT2D eigenvalue weighted by Crippen LogP contribution is 2.30. The molecule has 0 heterocycles. The molecule has 0 fully saturated rings. The van der Waals surface area contributed by atoms with Crippen molar-refractivity contribution in [2.45, 2.75) is 26.2 Å². The lowest BCUT2D eigenvalue weighted by Gasteiger charge is -2.22. The molecule has 0 aliphatic heterocycles. The van der Waals surface area contributed by atoms with Gasteiger partial charge in [-0.1, -0.05) is 51.2 Å². The van der Waals surface area contributed by atoms with E-state index in [-0.39, 0.29) is 5.41 Å². The van der Waals surface area contributed by atoms with E-state index in [2.05, 4.69) is 26.8 Å². The first-order valence-electron chi connectivity index (χ1n) is 7.63. The van der Waals surface area contributed by atoms with Crippen molar-refractivity contribution < 1.29 is 9.47 Å². The first kappa shape index (κ1) is 17.3. The molecule has 2 aromatic carbocycles. The fraction of sp³-hybridized carbons (Fsp3) is 0.316. The second-order valence-corrected chi connectivity index (χ2v) is 6.77. The fourth-order valence-corrected chi connectivity index (χ4v) is 2.37. The summed E-state index contributed by atoms with van der Waals surface area (Å²) in [6.45, 7) is 7.49. The average Bonchev–Trinajstić information content (AvgIpc) is 2.51. The standard InChI is InChI=1S/C19H23NO2S/c1-19(2,3)16-6-4-5-7-17(16)22-13-12-21-15-10-8-14(9-11-15)18(20)23/h4-11H,12-13H2,1-3H3,(H2,20,23). The second kappa shape index (κ2) is 7.47. The Morgan fingerprint density at radius 1 is 0.957 bits per heavy atom. The van der Waals surface area contributed by atoms with Crippen LogP contribution in [0.15, 0.2) is 48.5 Å². The minimum atomic E-state index is 0.0495. The summed E-state index contributed by atoms with van der Waals surface area (Å²) in [5.74, 6) is 1.69. The van der Waals surface area contributed by atoms with Crippen molar-refractivity contribution >= 4 is 17.2 Å². The van der Waals surface area contributed by atoms with Crippen molar-refractivity contribution in [1.82, 2.24) is 0 Å². The third-order valence-corrected chi connectivity index (χ3v) is 3.68. The quantitative estimate of drug-likeness (QED) is 0.641. The maximum absolute atomic E-state index is 5.88. The molecule has 0 bridgehead atoms. The van der Waals surface area contributed by atoms with E-state index in [0.717, 1.165) is 17.1 Å². The van der Waals surface area contributed by atoms with E-state index >= 15 is 0 Å². The summed E-state index contributed by atoms with van der Waals surface area (Å²) in [4.78, 5) is 0.388. The maximum Gasteiger partial charge on any atom is 0.123 e. The highest BCUT2D eigenvalue weighted by Gasteiger charge is 2.18. The molecule has 0 atom stereocenters. The topological polar surface area (TPSA) is 44.5 Å². The van der Waals surface area contributed by atoms with Gasteiger partial charge in [0, 0.05) is 5.56 Å². The van der Waals surface area contributed by atoms with Crippen LogP contribution in [-0.4, -0.2) is 18.2 Å². The van der Waals surface area contributed by atoms with Gasteiger partial charge in [-0.25, -0.2) is 0 Å². The van der Waals surface area contributed by atoms with Gasteiger partial charge in [0.25, 0.3) is 0 Å². The molecule has 4 heteroatoms. The zero-order chi connectivity index (χ0) is 16.9. The number of nitrogens with two attached hydrogens (primary N) is 1. The van der Waals surface area contributed by atoms with Crippen molar-refractivity contribution in [3.8, 4) is 11.5 Å². The number of rotatable bonds is 6. The van der Waals surface area contributed by atoms with Gasteiger partial charge in [0.1, 0.15) is 29.7 Å². The summed E-state index contributed by atoms with van der Waals surface area (Å²) in [6, 6.07) is 15.5. The van der Waals surface area contributed by atoms with Crippen molar-refractivity contribution in [2.75, 3.05) is 13.2 Å². The first-order valence-corrected chi connectivity index (χ1v) is 8.04. The monoisotopic (exact) mass is 329 g/mol. The Bertz CT molecular complexity index is 660. The van der Waals surface area contributed by atoms with Crippen LogP contribution in [0.1, 0.15) is 31.9 Å². The molecule has 23 heavy (non-hydrogen) atoms. The van der Waals surface area contributed by atoms with Crippen molar-refractivity contribution in [3.63, 3.8) is 0 Å². The average molecular weight is 329 g/mol. The molecule has 122 valence electrons. The van der Waals surface area contributed by atoms with Crippen LogP contribution >= 0.6 is 12.2 Å². The van der Waals surface area contributed by atoms with E-state index < -0.39 is 0 Å². The van der Waals surface area contributed by atoms with E-state index in [1.807, 2.05) is 42.5 Å². The molecule has 0 spiro atoms. The Hall–Kier alpha value is -2.07. The van der Waals surface area contributed by atoms with Crippen LogP contribution in [0.4, 0.5) is 0 Å². The molecule has 0 saturated heterocycles. The fourth-order valence-electron chi connectivity index (χ4n) is 2.24. The molecule has 2 N–H and O–H groups in total. The molecule has 2 aromatic rings. The molecule has 0 amide bonds. The minimum Gasteiger partial charge on any atom is -0.490 e. The largest absolute Gasteiger partial charge is 0.490 e. The molecule has 0 saturated carbocycles. The van der Waals surface area contributed by atoms with Crippen LogP contribution in [0.3, 0.4) is 0 Å². The van der Waals surface area contributed by atoms with Gasteiger partial charge >= 0.3 is 0 Å². The SMILES string of the molecule is CC(C)(C)c1ccccc1OCCOc1ccc(C(N)=S)cc1. The number of ether oxygens (including phenoxy) is 2. The van der Waals surface area contributed by atoms with Crippen LogP contribution in [0.5, 0.6) is 11.5 Å². The van der Waals surface area contributed by atoms with Crippen LogP contribution in [0, 0.1) is 0 Å². The van der Waals surface area contributed by atoms with E-state index in [0.29, 0.717) is 18.2 Å². The van der Waals surface area contributed by atoms with Crippen molar-refractivity contribution in [2.24, 2.45) is 5.73 Å². The number of benzene rings is 2. The van der Waals surface area contributed by atoms with Crippen LogP contribution in [-0.2, 0) is 5.41 Å². The lowest BCUT2D eigenvalue weighted by Crippen LogP contribution is -2.15. The molecular formula is C19H23NO2S. The zero-order valence-electron chi connectivity index (χ0n) is 13.8. The summed E-state index contributed by atoms with van der Waals surface area (Å²) in [6.07, 6.45) is 0.